The summed E-state index contributed by atoms with van der Waals surface area (Å²) in [5.41, 5.74) is 0. The van der Waals surface area contributed by atoms with Crippen molar-refractivity contribution in [1.82, 2.24) is 0 Å². The first-order valence-corrected chi connectivity index (χ1v) is 17.8. The molecule has 0 saturated carbocycles. The highest BCUT2D eigenvalue weighted by molar-refractivity contribution is 5.70. The lowest BCUT2D eigenvalue weighted by atomic mass is 10.0. The molecule has 0 amide bonds. The minimum absolute atomic E-state index is 0.101. The Kier molecular flexibility index (Phi) is 33.6. The quantitative estimate of drug-likeness (QED) is 0.0443. The van der Waals surface area contributed by atoms with E-state index in [4.69, 9.17) is 14.6 Å². The minimum atomic E-state index is -0.797. The van der Waals surface area contributed by atoms with Crippen molar-refractivity contribution in [3.63, 3.8) is 0 Å². The van der Waals surface area contributed by atoms with Gasteiger partial charge in [0.2, 0.25) is 0 Å². The fourth-order valence-electron chi connectivity index (χ4n) is 4.70. The number of allylic oxidation sites excluding steroid dienone is 8. The highest BCUT2D eigenvalue weighted by Gasteiger charge is 2.16. The molecule has 6 nitrogen and oxygen atoms in total. The van der Waals surface area contributed by atoms with Crippen LogP contribution in [0.25, 0.3) is 0 Å². The van der Waals surface area contributed by atoms with Crippen LogP contribution in [0, 0.1) is 0 Å². The van der Waals surface area contributed by atoms with Crippen molar-refractivity contribution in [2.45, 2.75) is 161 Å². The van der Waals surface area contributed by atoms with Crippen LogP contribution in [0.5, 0.6) is 0 Å². The Morgan fingerprint density at radius 1 is 0.545 bits per heavy atom. The first kappa shape index (κ1) is 41.8. The van der Waals surface area contributed by atoms with E-state index < -0.39 is 6.10 Å². The molecule has 44 heavy (non-hydrogen) atoms. The summed E-state index contributed by atoms with van der Waals surface area (Å²) in [6.07, 6.45) is 40.4. The normalized spacial score (nSPS) is 12.7. The Morgan fingerprint density at radius 3 is 1.52 bits per heavy atom. The lowest BCUT2D eigenvalue weighted by molar-refractivity contribution is -0.161. The molecule has 254 valence electrons. The van der Waals surface area contributed by atoms with E-state index >= 15 is 0 Å². The number of unbranched alkanes of at least 4 members (excludes halogenated alkanes) is 15. The van der Waals surface area contributed by atoms with Crippen LogP contribution in [0.2, 0.25) is 0 Å². The number of esters is 2. The van der Waals surface area contributed by atoms with Crippen molar-refractivity contribution >= 4 is 11.9 Å². The molecule has 0 aliphatic heterocycles. The van der Waals surface area contributed by atoms with Gasteiger partial charge in [-0.1, -0.05) is 133 Å². The number of aliphatic hydroxyl groups is 2. The third-order valence-corrected chi connectivity index (χ3v) is 7.43. The van der Waals surface area contributed by atoms with Crippen LogP contribution >= 0.6 is 0 Å². The number of hydrogen-bond donors (Lipinski definition) is 2. The van der Waals surface area contributed by atoms with Gasteiger partial charge in [-0.2, -0.15) is 0 Å². The van der Waals surface area contributed by atoms with Crippen molar-refractivity contribution in [3.8, 4) is 0 Å². The average Bonchev–Trinajstić information content (AvgIpc) is 3.02. The summed E-state index contributed by atoms with van der Waals surface area (Å²) in [4.78, 5) is 24.1. The summed E-state index contributed by atoms with van der Waals surface area (Å²) < 4.78 is 10.5. The number of carbonyl (C=O) groups excluding carboxylic acids is 2. The third-order valence-electron chi connectivity index (χ3n) is 7.43. The lowest BCUT2D eigenvalue weighted by Gasteiger charge is -2.15. The summed E-state index contributed by atoms with van der Waals surface area (Å²) in [7, 11) is 0. The second-order valence-corrected chi connectivity index (χ2v) is 11.7. The maximum Gasteiger partial charge on any atom is 0.306 e. The number of hydrogen-bond acceptors (Lipinski definition) is 6. The third kappa shape index (κ3) is 32.7. The fraction of sp³-hybridized carbons (Fsp3) is 0.737. The van der Waals surface area contributed by atoms with Gasteiger partial charge in [0, 0.05) is 19.4 Å². The zero-order chi connectivity index (χ0) is 32.2. The van der Waals surface area contributed by atoms with Crippen LogP contribution in [0.4, 0.5) is 0 Å². The summed E-state index contributed by atoms with van der Waals surface area (Å²) in [6.45, 7) is 2.09. The van der Waals surface area contributed by atoms with Crippen molar-refractivity contribution in [3.05, 3.63) is 48.6 Å². The summed E-state index contributed by atoms with van der Waals surface area (Å²) in [5.74, 6) is -0.672. The summed E-state index contributed by atoms with van der Waals surface area (Å²) in [6, 6.07) is 0. The second kappa shape index (κ2) is 35.3. The van der Waals surface area contributed by atoms with Crippen molar-refractivity contribution < 1.29 is 29.3 Å². The lowest BCUT2D eigenvalue weighted by Crippen LogP contribution is -2.28. The van der Waals surface area contributed by atoms with Gasteiger partial charge in [-0.15, -0.1) is 0 Å². The molecule has 0 radical (unpaired) electrons. The van der Waals surface area contributed by atoms with Crippen LogP contribution in [-0.2, 0) is 19.1 Å². The predicted molar refractivity (Wildman–Crippen MR) is 183 cm³/mol. The van der Waals surface area contributed by atoms with E-state index in [0.717, 1.165) is 70.6 Å². The van der Waals surface area contributed by atoms with Gasteiger partial charge in [0.15, 0.2) is 6.10 Å². The second-order valence-electron chi connectivity index (χ2n) is 11.7. The Morgan fingerprint density at radius 2 is 1.00 bits per heavy atom. The van der Waals surface area contributed by atoms with Gasteiger partial charge in [-0.25, -0.2) is 0 Å². The molecule has 0 unspecified atom stereocenters. The van der Waals surface area contributed by atoms with Crippen molar-refractivity contribution in [2.75, 3.05) is 19.8 Å². The zero-order valence-corrected chi connectivity index (χ0v) is 28.1. The SMILES string of the molecule is CCCCCCCCCCCCCCC(=O)O[C@@H](CO)COC(=O)CCC/C=C\C/C=C\C/C=C\C/C=C\CCCCCO. The first-order chi connectivity index (χ1) is 21.6. The molecule has 0 rings (SSSR count). The van der Waals surface area contributed by atoms with E-state index in [9.17, 15) is 14.7 Å². The predicted octanol–water partition coefficient (Wildman–Crippen LogP) is 9.64. The topological polar surface area (TPSA) is 93.1 Å². The zero-order valence-electron chi connectivity index (χ0n) is 28.1. The maximum atomic E-state index is 12.1. The van der Waals surface area contributed by atoms with Crippen molar-refractivity contribution in [2.24, 2.45) is 0 Å². The number of carbonyl (C=O) groups is 2. The van der Waals surface area contributed by atoms with E-state index in [0.29, 0.717) is 25.9 Å². The Hall–Kier alpha value is -2.18. The van der Waals surface area contributed by atoms with E-state index in [1.807, 2.05) is 0 Å². The molecule has 6 heteroatoms. The van der Waals surface area contributed by atoms with E-state index in [2.05, 4.69) is 55.5 Å². The molecule has 0 bridgehead atoms. The standard InChI is InChI=1S/C38H66O6/c1-2-3-4-5-6-7-8-16-20-23-26-29-32-38(42)44-36(34-40)35-43-37(41)31-28-25-22-19-17-14-12-10-9-11-13-15-18-21-24-27-30-33-39/h9,11-12,14-15,18-19,22,36,39-40H,2-8,10,13,16-17,20-21,23-35H2,1H3/b11-9-,14-12-,18-15-,22-19-/t36-/m0/s1. The molecule has 0 aliphatic rings. The van der Waals surface area contributed by atoms with Gasteiger partial charge >= 0.3 is 11.9 Å². The van der Waals surface area contributed by atoms with E-state index in [1.165, 1.54) is 57.8 Å². The number of rotatable bonds is 32. The van der Waals surface area contributed by atoms with E-state index in [-0.39, 0.29) is 25.2 Å². The van der Waals surface area contributed by atoms with Gasteiger partial charge in [-0.3, -0.25) is 9.59 Å². The van der Waals surface area contributed by atoms with Gasteiger partial charge in [0.05, 0.1) is 6.61 Å². The Balaban J connectivity index is 3.69. The minimum Gasteiger partial charge on any atom is -0.462 e. The molecule has 0 aliphatic carbocycles. The molecule has 0 spiro atoms. The molecule has 0 heterocycles. The Labute approximate surface area is 270 Å². The largest absolute Gasteiger partial charge is 0.462 e. The molecule has 0 aromatic rings. The van der Waals surface area contributed by atoms with Crippen LogP contribution < -0.4 is 0 Å². The highest BCUT2D eigenvalue weighted by Crippen LogP contribution is 2.13. The Bertz CT molecular complexity index is 754. The highest BCUT2D eigenvalue weighted by atomic mass is 16.6. The molecule has 0 fully saturated rings. The van der Waals surface area contributed by atoms with Gasteiger partial charge in [-0.05, 0) is 57.8 Å². The number of ether oxygens (including phenoxy) is 2. The number of aliphatic hydroxyl groups excluding tert-OH is 2. The average molecular weight is 619 g/mol. The van der Waals surface area contributed by atoms with Crippen LogP contribution in [0.1, 0.15) is 155 Å². The molecule has 0 saturated heterocycles. The maximum absolute atomic E-state index is 12.1. The van der Waals surface area contributed by atoms with Crippen molar-refractivity contribution in [1.29, 1.82) is 0 Å². The summed E-state index contributed by atoms with van der Waals surface area (Å²) in [5, 5.41) is 18.3. The smallest absolute Gasteiger partial charge is 0.306 e. The molecule has 1 atom stereocenters. The van der Waals surface area contributed by atoms with Gasteiger partial charge in [0.25, 0.3) is 0 Å². The van der Waals surface area contributed by atoms with Gasteiger partial charge < -0.3 is 19.7 Å². The van der Waals surface area contributed by atoms with E-state index in [1.54, 1.807) is 0 Å². The molecular formula is C38H66O6. The van der Waals surface area contributed by atoms with Crippen LogP contribution in [0.3, 0.4) is 0 Å². The molecule has 2 N–H and O–H groups in total. The first-order valence-electron chi connectivity index (χ1n) is 17.8. The summed E-state index contributed by atoms with van der Waals surface area (Å²) >= 11 is 0. The van der Waals surface area contributed by atoms with Gasteiger partial charge in [0.1, 0.15) is 6.61 Å². The molecule has 0 aromatic heterocycles. The van der Waals surface area contributed by atoms with Crippen LogP contribution in [0.15, 0.2) is 48.6 Å². The fourth-order valence-corrected chi connectivity index (χ4v) is 4.70. The van der Waals surface area contributed by atoms with Crippen LogP contribution in [-0.4, -0.2) is 48.1 Å². The molecular weight excluding hydrogens is 552 g/mol. The monoisotopic (exact) mass is 618 g/mol. The molecule has 0 aromatic carbocycles.